The highest BCUT2D eigenvalue weighted by Gasteiger charge is 2.14. The van der Waals surface area contributed by atoms with E-state index in [1.54, 1.807) is 0 Å². The quantitative estimate of drug-likeness (QED) is 0.690. The highest BCUT2D eigenvalue weighted by molar-refractivity contribution is 5.99. The Morgan fingerprint density at radius 2 is 2.10 bits per heavy atom. The zero-order valence-electron chi connectivity index (χ0n) is 11.8. The lowest BCUT2D eigenvalue weighted by molar-refractivity contribution is 0.0188. The van der Waals surface area contributed by atoms with Crippen LogP contribution in [0.2, 0.25) is 0 Å². The van der Waals surface area contributed by atoms with Gasteiger partial charge >= 0.3 is 0 Å². The molecule has 0 aliphatic carbocycles. The minimum absolute atomic E-state index is 0.0247. The number of para-hydroxylation sites is 1. The second-order valence-corrected chi connectivity index (χ2v) is 4.31. The van der Waals surface area contributed by atoms with Gasteiger partial charge in [-0.15, -0.1) is 0 Å². The number of ether oxygens (including phenoxy) is 1. The van der Waals surface area contributed by atoms with Gasteiger partial charge in [0.2, 0.25) is 0 Å². The molecular weight excluding hydrogens is 285 g/mol. The molecule has 2 N–H and O–H groups in total. The molecule has 0 fully saturated rings. The van der Waals surface area contributed by atoms with Crippen molar-refractivity contribution >= 4 is 11.6 Å². The summed E-state index contributed by atoms with van der Waals surface area (Å²) < 4.78 is 42.0. The molecule has 0 aromatic heterocycles. The predicted molar refractivity (Wildman–Crippen MR) is 74.3 cm³/mol. The lowest BCUT2D eigenvalue weighted by atomic mass is 10.1. The van der Waals surface area contributed by atoms with Crippen molar-refractivity contribution in [2.45, 2.75) is 19.8 Å². The fourth-order valence-electron chi connectivity index (χ4n) is 1.65. The number of amides is 1. The van der Waals surface area contributed by atoms with Gasteiger partial charge in [-0.3, -0.25) is 4.79 Å². The number of carbonyl (C=O) groups excluding carboxylic acids is 1. The first-order valence-corrected chi connectivity index (χ1v) is 6.72. The summed E-state index contributed by atoms with van der Waals surface area (Å²) in [5, 5.41) is 5.36. The van der Waals surface area contributed by atoms with Crippen LogP contribution in [0.4, 0.5) is 18.9 Å². The number of carbonyl (C=O) groups is 1. The van der Waals surface area contributed by atoms with Gasteiger partial charge in [-0.25, -0.2) is 13.2 Å². The van der Waals surface area contributed by atoms with E-state index in [4.69, 9.17) is 0 Å². The average molecular weight is 304 g/mol. The van der Waals surface area contributed by atoms with Crippen LogP contribution in [-0.2, 0) is 4.74 Å². The molecule has 0 aliphatic rings. The molecule has 0 aliphatic heterocycles. The predicted octanol–water partition coefficient (Wildman–Crippen LogP) is 2.66. The SMILES string of the molecule is CCCNc1c(F)cccc1C(=O)NCCOCC(F)F. The van der Waals surface area contributed by atoms with Crippen LogP contribution in [0.5, 0.6) is 0 Å². The van der Waals surface area contributed by atoms with Gasteiger partial charge in [0.1, 0.15) is 12.4 Å². The maximum absolute atomic E-state index is 13.7. The van der Waals surface area contributed by atoms with Gasteiger partial charge in [0.05, 0.1) is 17.9 Å². The van der Waals surface area contributed by atoms with E-state index in [-0.39, 0.29) is 24.4 Å². The van der Waals surface area contributed by atoms with Gasteiger partial charge in [-0.2, -0.15) is 0 Å². The van der Waals surface area contributed by atoms with Crippen LogP contribution >= 0.6 is 0 Å². The van der Waals surface area contributed by atoms with Gasteiger partial charge in [0.15, 0.2) is 0 Å². The molecule has 1 aromatic rings. The normalized spacial score (nSPS) is 10.7. The second kappa shape index (κ2) is 9.23. The molecule has 0 atom stereocenters. The van der Waals surface area contributed by atoms with Gasteiger partial charge in [-0.1, -0.05) is 13.0 Å². The van der Waals surface area contributed by atoms with E-state index < -0.39 is 24.8 Å². The van der Waals surface area contributed by atoms with E-state index in [1.165, 1.54) is 18.2 Å². The van der Waals surface area contributed by atoms with Crippen molar-refractivity contribution in [3.8, 4) is 0 Å². The fourth-order valence-corrected chi connectivity index (χ4v) is 1.65. The molecule has 0 unspecified atom stereocenters. The van der Waals surface area contributed by atoms with Crippen molar-refractivity contribution in [2.24, 2.45) is 0 Å². The summed E-state index contributed by atoms with van der Waals surface area (Å²) in [6.45, 7) is 1.85. The lowest BCUT2D eigenvalue weighted by Gasteiger charge is -2.12. The number of alkyl halides is 2. The molecule has 1 amide bonds. The first kappa shape index (κ1) is 17.3. The summed E-state index contributed by atoms with van der Waals surface area (Å²) in [4.78, 5) is 12.0. The minimum atomic E-state index is -2.53. The Morgan fingerprint density at radius 1 is 1.33 bits per heavy atom. The maximum Gasteiger partial charge on any atom is 0.261 e. The second-order valence-electron chi connectivity index (χ2n) is 4.31. The van der Waals surface area contributed by atoms with Gasteiger partial charge < -0.3 is 15.4 Å². The molecule has 0 bridgehead atoms. The van der Waals surface area contributed by atoms with Crippen LogP contribution < -0.4 is 10.6 Å². The monoisotopic (exact) mass is 304 g/mol. The van der Waals surface area contributed by atoms with E-state index in [1.807, 2.05) is 6.92 Å². The molecule has 0 saturated heterocycles. The highest BCUT2D eigenvalue weighted by atomic mass is 19.3. The van der Waals surface area contributed by atoms with Crippen LogP contribution in [0.3, 0.4) is 0 Å². The number of anilines is 1. The summed E-state index contributed by atoms with van der Waals surface area (Å²) in [6.07, 6.45) is -1.74. The van der Waals surface area contributed by atoms with E-state index in [9.17, 15) is 18.0 Å². The van der Waals surface area contributed by atoms with Crippen molar-refractivity contribution in [3.63, 3.8) is 0 Å². The van der Waals surface area contributed by atoms with Crippen LogP contribution in [0.25, 0.3) is 0 Å². The van der Waals surface area contributed by atoms with Crippen molar-refractivity contribution in [1.82, 2.24) is 5.32 Å². The van der Waals surface area contributed by atoms with Gasteiger partial charge in [-0.05, 0) is 18.6 Å². The van der Waals surface area contributed by atoms with E-state index in [0.29, 0.717) is 6.54 Å². The van der Waals surface area contributed by atoms with Gasteiger partial charge in [0.25, 0.3) is 12.3 Å². The van der Waals surface area contributed by atoms with Crippen molar-refractivity contribution in [3.05, 3.63) is 29.6 Å². The topological polar surface area (TPSA) is 50.4 Å². The number of hydrogen-bond donors (Lipinski definition) is 2. The van der Waals surface area contributed by atoms with Crippen LogP contribution in [0, 0.1) is 5.82 Å². The summed E-state index contributed by atoms with van der Waals surface area (Å²) in [7, 11) is 0. The standard InChI is InChI=1S/C14H19F3N2O2/c1-2-6-18-13-10(4-3-5-11(13)15)14(20)19-7-8-21-9-12(16)17/h3-5,12,18H,2,6-9H2,1H3,(H,19,20). The smallest absolute Gasteiger partial charge is 0.261 e. The Hall–Kier alpha value is -1.76. The molecule has 1 rings (SSSR count). The zero-order valence-corrected chi connectivity index (χ0v) is 11.8. The molecule has 7 heteroatoms. The first-order valence-electron chi connectivity index (χ1n) is 6.72. The lowest BCUT2D eigenvalue weighted by Crippen LogP contribution is -2.28. The third kappa shape index (κ3) is 6.03. The molecule has 0 spiro atoms. The Labute approximate surface area is 121 Å². The van der Waals surface area contributed by atoms with Crippen molar-refractivity contribution in [1.29, 1.82) is 0 Å². The largest absolute Gasteiger partial charge is 0.382 e. The van der Waals surface area contributed by atoms with E-state index in [0.717, 1.165) is 6.42 Å². The van der Waals surface area contributed by atoms with Crippen LogP contribution in [0.15, 0.2) is 18.2 Å². The first-order chi connectivity index (χ1) is 10.1. The fraction of sp³-hybridized carbons (Fsp3) is 0.500. The zero-order chi connectivity index (χ0) is 15.7. The van der Waals surface area contributed by atoms with Crippen LogP contribution in [0.1, 0.15) is 23.7 Å². The number of rotatable bonds is 9. The van der Waals surface area contributed by atoms with Crippen molar-refractivity contribution in [2.75, 3.05) is 31.6 Å². The number of nitrogens with one attached hydrogen (secondary N) is 2. The molecule has 0 heterocycles. The highest BCUT2D eigenvalue weighted by Crippen LogP contribution is 2.19. The Balaban J connectivity index is 2.55. The minimum Gasteiger partial charge on any atom is -0.382 e. The Kier molecular flexibility index (Phi) is 7.60. The number of hydrogen-bond acceptors (Lipinski definition) is 3. The maximum atomic E-state index is 13.7. The summed E-state index contributed by atoms with van der Waals surface area (Å²) in [6, 6.07) is 4.20. The Bertz CT molecular complexity index is 456. The number of halogens is 3. The summed E-state index contributed by atoms with van der Waals surface area (Å²) in [5.41, 5.74) is 0.322. The van der Waals surface area contributed by atoms with E-state index >= 15 is 0 Å². The Morgan fingerprint density at radius 3 is 2.76 bits per heavy atom. The molecule has 1 aromatic carbocycles. The number of benzene rings is 1. The van der Waals surface area contributed by atoms with E-state index in [2.05, 4.69) is 15.4 Å². The average Bonchev–Trinajstić information content (AvgIpc) is 2.45. The molecule has 4 nitrogen and oxygen atoms in total. The molecular formula is C14H19F3N2O2. The molecule has 118 valence electrons. The molecule has 21 heavy (non-hydrogen) atoms. The van der Waals surface area contributed by atoms with Gasteiger partial charge in [0, 0.05) is 13.1 Å². The third-order valence-corrected chi connectivity index (χ3v) is 2.59. The van der Waals surface area contributed by atoms with Crippen LogP contribution in [-0.4, -0.2) is 38.6 Å². The molecule has 0 saturated carbocycles. The molecule has 0 radical (unpaired) electrons. The summed E-state index contributed by atoms with van der Waals surface area (Å²) in [5.74, 6) is -0.987. The third-order valence-electron chi connectivity index (χ3n) is 2.59. The summed E-state index contributed by atoms with van der Waals surface area (Å²) >= 11 is 0. The van der Waals surface area contributed by atoms with Crippen molar-refractivity contribution < 1.29 is 22.7 Å².